The number of piperidine rings is 1. The molecule has 0 unspecified atom stereocenters. The minimum absolute atomic E-state index is 0.201. The molecule has 6 heteroatoms. The number of rotatable bonds is 3. The Kier molecular flexibility index (Phi) is 4.46. The average molecular weight is 237 g/mol. The second-order valence-corrected chi connectivity index (χ2v) is 3.88. The number of nitrogens with zero attached hydrogens (tertiary/aromatic N) is 1. The highest BCUT2D eigenvalue weighted by atomic mass is 19.3. The van der Waals surface area contributed by atoms with Gasteiger partial charge in [0.25, 0.3) is 5.92 Å². The number of carbonyl (C=O) groups excluding carboxylic acids is 1. The lowest BCUT2D eigenvalue weighted by Gasteiger charge is -2.34. The van der Waals surface area contributed by atoms with Crippen LogP contribution in [0, 0.1) is 5.92 Å². The van der Waals surface area contributed by atoms with Crippen molar-refractivity contribution in [2.45, 2.75) is 25.7 Å². The van der Waals surface area contributed by atoms with E-state index in [1.54, 1.807) is 6.92 Å². The second kappa shape index (κ2) is 5.43. The van der Waals surface area contributed by atoms with E-state index in [0.29, 0.717) is 0 Å². The average Bonchev–Trinajstić information content (AvgIpc) is 2.29. The van der Waals surface area contributed by atoms with Crippen LogP contribution >= 0.6 is 0 Å². The van der Waals surface area contributed by atoms with Crippen LogP contribution in [0.4, 0.5) is 13.6 Å². The summed E-state index contributed by atoms with van der Waals surface area (Å²) in [6, 6.07) is 0. The highest BCUT2D eigenvalue weighted by Crippen LogP contribution is 2.32. The Bertz CT molecular complexity index is 240. The van der Waals surface area contributed by atoms with Crippen LogP contribution in [-0.4, -0.2) is 48.3 Å². The summed E-state index contributed by atoms with van der Waals surface area (Å²) in [6.07, 6.45) is -0.0491. The molecule has 0 aromatic rings. The zero-order valence-corrected chi connectivity index (χ0v) is 9.29. The number of ether oxygens (including phenoxy) is 1. The van der Waals surface area contributed by atoms with Gasteiger partial charge < -0.3 is 14.7 Å². The van der Waals surface area contributed by atoms with Crippen molar-refractivity contribution in [3.63, 3.8) is 0 Å². The van der Waals surface area contributed by atoms with Gasteiger partial charge in [0.05, 0.1) is 6.61 Å². The van der Waals surface area contributed by atoms with Crippen LogP contribution in [0.3, 0.4) is 0 Å². The van der Waals surface area contributed by atoms with Gasteiger partial charge in [-0.25, -0.2) is 13.6 Å². The van der Waals surface area contributed by atoms with Gasteiger partial charge in [0.15, 0.2) is 0 Å². The van der Waals surface area contributed by atoms with E-state index in [2.05, 4.69) is 0 Å². The van der Waals surface area contributed by atoms with Crippen molar-refractivity contribution in [2.24, 2.45) is 5.92 Å². The zero-order chi connectivity index (χ0) is 12.2. The van der Waals surface area contributed by atoms with E-state index in [-0.39, 0.29) is 32.5 Å². The third-order valence-corrected chi connectivity index (χ3v) is 2.83. The molecular weight excluding hydrogens is 220 g/mol. The van der Waals surface area contributed by atoms with Crippen LogP contribution in [0.2, 0.25) is 0 Å². The second-order valence-electron chi connectivity index (χ2n) is 3.88. The first kappa shape index (κ1) is 13.2. The first-order valence-corrected chi connectivity index (χ1v) is 5.41. The van der Waals surface area contributed by atoms with Gasteiger partial charge in [-0.15, -0.1) is 0 Å². The maximum Gasteiger partial charge on any atom is 0.409 e. The fourth-order valence-corrected chi connectivity index (χ4v) is 1.83. The molecule has 0 radical (unpaired) electrons. The maximum atomic E-state index is 13.1. The van der Waals surface area contributed by atoms with Crippen LogP contribution in [0.1, 0.15) is 19.8 Å². The smallest absolute Gasteiger partial charge is 0.409 e. The number of hydrogen-bond donors (Lipinski definition) is 1. The van der Waals surface area contributed by atoms with Crippen LogP contribution in [0.5, 0.6) is 0 Å². The Hall–Kier alpha value is -0.910. The topological polar surface area (TPSA) is 49.8 Å². The highest BCUT2D eigenvalue weighted by Gasteiger charge is 2.41. The summed E-state index contributed by atoms with van der Waals surface area (Å²) in [6.45, 7) is 1.38. The van der Waals surface area contributed by atoms with Crippen LogP contribution in [-0.2, 0) is 4.74 Å². The van der Waals surface area contributed by atoms with Gasteiger partial charge in [0.2, 0.25) is 0 Å². The van der Waals surface area contributed by atoms with Crippen molar-refractivity contribution in [2.75, 3.05) is 26.3 Å². The predicted molar refractivity (Wildman–Crippen MR) is 53.4 cm³/mol. The quantitative estimate of drug-likeness (QED) is 0.809. The van der Waals surface area contributed by atoms with Gasteiger partial charge in [0.1, 0.15) is 6.61 Å². The fraction of sp³-hybridized carbons (Fsp3) is 0.900. The Labute approximate surface area is 93.2 Å². The maximum absolute atomic E-state index is 13.1. The van der Waals surface area contributed by atoms with Crippen LogP contribution < -0.4 is 0 Å². The van der Waals surface area contributed by atoms with E-state index in [1.165, 1.54) is 4.90 Å². The summed E-state index contributed by atoms with van der Waals surface area (Å²) < 4.78 is 31.0. The molecule has 16 heavy (non-hydrogen) atoms. The molecule has 1 aliphatic rings. The molecule has 4 nitrogen and oxygen atoms in total. The molecule has 0 aromatic heterocycles. The number of aliphatic hydroxyl groups is 1. The standard InChI is InChI=1S/C10H17F2NO3/c1-2-16-9(15)13-5-3-8(4-6-13)10(11,12)7-14/h8,14H,2-7H2,1H3. The summed E-state index contributed by atoms with van der Waals surface area (Å²) in [4.78, 5) is 12.7. The van der Waals surface area contributed by atoms with Gasteiger partial charge in [-0.05, 0) is 19.8 Å². The molecule has 0 spiro atoms. The van der Waals surface area contributed by atoms with Crippen molar-refractivity contribution < 1.29 is 23.4 Å². The summed E-state index contributed by atoms with van der Waals surface area (Å²) in [5.41, 5.74) is 0. The number of carbonyl (C=O) groups is 1. The van der Waals surface area contributed by atoms with E-state index < -0.39 is 24.5 Å². The van der Waals surface area contributed by atoms with Gasteiger partial charge in [-0.2, -0.15) is 0 Å². The Morgan fingerprint density at radius 2 is 2.06 bits per heavy atom. The van der Waals surface area contributed by atoms with E-state index in [1.807, 2.05) is 0 Å². The normalized spacial score (nSPS) is 18.6. The van der Waals surface area contributed by atoms with Gasteiger partial charge in [-0.3, -0.25) is 0 Å². The Morgan fingerprint density at radius 3 is 2.50 bits per heavy atom. The number of hydrogen-bond acceptors (Lipinski definition) is 3. The highest BCUT2D eigenvalue weighted by molar-refractivity contribution is 5.67. The molecule has 0 aromatic carbocycles. The number of aliphatic hydroxyl groups excluding tert-OH is 1. The molecular formula is C10H17F2NO3. The van der Waals surface area contributed by atoms with Crippen molar-refractivity contribution in [1.29, 1.82) is 0 Å². The first-order valence-electron chi connectivity index (χ1n) is 5.41. The lowest BCUT2D eigenvalue weighted by molar-refractivity contribution is -0.111. The van der Waals surface area contributed by atoms with E-state index in [9.17, 15) is 13.6 Å². The lowest BCUT2D eigenvalue weighted by Crippen LogP contribution is -2.44. The number of amides is 1. The van der Waals surface area contributed by atoms with E-state index in [4.69, 9.17) is 9.84 Å². The molecule has 0 saturated carbocycles. The molecule has 0 aliphatic carbocycles. The molecule has 0 atom stereocenters. The van der Waals surface area contributed by atoms with Crippen molar-refractivity contribution in [3.05, 3.63) is 0 Å². The molecule has 1 N–H and O–H groups in total. The number of halogens is 2. The number of alkyl halides is 2. The monoisotopic (exact) mass is 237 g/mol. The first-order chi connectivity index (χ1) is 7.51. The molecule has 1 aliphatic heterocycles. The lowest BCUT2D eigenvalue weighted by atomic mass is 9.91. The van der Waals surface area contributed by atoms with E-state index in [0.717, 1.165) is 0 Å². The van der Waals surface area contributed by atoms with Gasteiger partial charge in [0, 0.05) is 19.0 Å². The third kappa shape index (κ3) is 3.04. The predicted octanol–water partition coefficient (Wildman–Crippen LogP) is 1.48. The third-order valence-electron chi connectivity index (χ3n) is 2.83. The van der Waals surface area contributed by atoms with Crippen LogP contribution in [0.25, 0.3) is 0 Å². The molecule has 1 fully saturated rings. The summed E-state index contributed by atoms with van der Waals surface area (Å²) in [7, 11) is 0. The molecule has 1 saturated heterocycles. The van der Waals surface area contributed by atoms with Gasteiger partial charge >= 0.3 is 6.09 Å². The summed E-state index contributed by atoms with van der Waals surface area (Å²) in [5.74, 6) is -3.89. The molecule has 1 rings (SSSR count). The Balaban J connectivity index is 2.42. The minimum atomic E-state index is -3.04. The minimum Gasteiger partial charge on any atom is -0.450 e. The SMILES string of the molecule is CCOC(=O)N1CCC(C(F)(F)CO)CC1. The fourth-order valence-electron chi connectivity index (χ4n) is 1.83. The van der Waals surface area contributed by atoms with Gasteiger partial charge in [-0.1, -0.05) is 0 Å². The summed E-state index contributed by atoms with van der Waals surface area (Å²) in [5, 5.41) is 8.55. The zero-order valence-electron chi connectivity index (χ0n) is 9.29. The van der Waals surface area contributed by atoms with Crippen molar-refractivity contribution in [1.82, 2.24) is 4.90 Å². The molecule has 1 amide bonds. The van der Waals surface area contributed by atoms with E-state index >= 15 is 0 Å². The summed E-state index contributed by atoms with van der Waals surface area (Å²) >= 11 is 0. The number of likely N-dealkylation sites (tertiary alicyclic amines) is 1. The van der Waals surface area contributed by atoms with Crippen LogP contribution in [0.15, 0.2) is 0 Å². The van der Waals surface area contributed by atoms with Crippen molar-refractivity contribution >= 4 is 6.09 Å². The Morgan fingerprint density at radius 1 is 1.50 bits per heavy atom. The molecule has 94 valence electrons. The van der Waals surface area contributed by atoms with Crippen molar-refractivity contribution in [3.8, 4) is 0 Å². The largest absolute Gasteiger partial charge is 0.450 e. The molecule has 0 bridgehead atoms. The molecule has 1 heterocycles.